The third kappa shape index (κ3) is 4.08. The molecule has 3 rings (SSSR count). The highest BCUT2D eigenvalue weighted by Crippen LogP contribution is 2.26. The van der Waals surface area contributed by atoms with Gasteiger partial charge < -0.3 is 9.47 Å². The Labute approximate surface area is 160 Å². The Hall–Kier alpha value is -2.95. The van der Waals surface area contributed by atoms with Gasteiger partial charge >= 0.3 is 0 Å². The first kappa shape index (κ1) is 18.8. The molecule has 5 heteroatoms. The molecular weight excluding hydrogens is 336 g/mol. The van der Waals surface area contributed by atoms with E-state index in [4.69, 9.17) is 0 Å². The molecule has 5 nitrogen and oxygen atoms in total. The van der Waals surface area contributed by atoms with E-state index in [9.17, 15) is 4.79 Å². The molecule has 27 heavy (non-hydrogen) atoms. The molecule has 2 heterocycles. The van der Waals surface area contributed by atoms with Crippen LogP contribution in [0, 0.1) is 13.8 Å². The Bertz CT molecular complexity index is 938. The summed E-state index contributed by atoms with van der Waals surface area (Å²) in [5.74, 6) is -0.0592. The lowest BCUT2D eigenvalue weighted by Crippen LogP contribution is -2.36. The molecule has 140 valence electrons. The summed E-state index contributed by atoms with van der Waals surface area (Å²) < 4.78 is 1.79. The van der Waals surface area contributed by atoms with Crippen LogP contribution in [0.25, 0.3) is 11.3 Å². The smallest absolute Gasteiger partial charge is 0.274 e. The van der Waals surface area contributed by atoms with Crippen molar-refractivity contribution < 1.29 is 4.79 Å². The maximum Gasteiger partial charge on any atom is 0.274 e. The second-order valence-corrected chi connectivity index (χ2v) is 7.27. The average Bonchev–Trinajstić information content (AvgIpc) is 3.05. The number of carbonyl (C=O) groups excluding carboxylic acids is 1. The minimum atomic E-state index is -0.0592. The van der Waals surface area contributed by atoms with Crippen molar-refractivity contribution in [2.24, 2.45) is 7.05 Å². The van der Waals surface area contributed by atoms with Crippen LogP contribution in [0.5, 0.6) is 0 Å². The number of hydrogen-bond acceptors (Lipinski definition) is 3. The van der Waals surface area contributed by atoms with Crippen molar-refractivity contribution >= 4 is 5.91 Å². The van der Waals surface area contributed by atoms with Crippen molar-refractivity contribution in [1.29, 1.82) is 0 Å². The summed E-state index contributed by atoms with van der Waals surface area (Å²) >= 11 is 0. The Morgan fingerprint density at radius 1 is 1.15 bits per heavy atom. The second-order valence-electron chi connectivity index (χ2n) is 7.27. The van der Waals surface area contributed by atoms with E-state index in [1.807, 2.05) is 38.1 Å². The molecule has 0 atom stereocenters. The topological polar surface area (TPSA) is 51.0 Å². The number of imidazole rings is 1. The van der Waals surface area contributed by atoms with Crippen LogP contribution in [0.3, 0.4) is 0 Å². The number of aryl methyl sites for hydroxylation is 3. The largest absolute Gasteiger partial charge is 0.340 e. The molecule has 0 radical (unpaired) electrons. The predicted octanol–water partition coefficient (Wildman–Crippen LogP) is 4.15. The highest BCUT2D eigenvalue weighted by atomic mass is 16.2. The monoisotopic (exact) mass is 362 g/mol. The first-order chi connectivity index (χ1) is 12.9. The lowest BCUT2D eigenvalue weighted by Gasteiger charge is -2.26. The van der Waals surface area contributed by atoms with Gasteiger partial charge in [0.15, 0.2) is 0 Å². The van der Waals surface area contributed by atoms with Crippen LogP contribution in [-0.2, 0) is 13.6 Å². The van der Waals surface area contributed by atoms with Crippen LogP contribution in [0.1, 0.15) is 41.0 Å². The molecule has 0 fully saturated rings. The molecule has 1 amide bonds. The third-order valence-corrected chi connectivity index (χ3v) is 4.72. The molecule has 0 aliphatic heterocycles. The van der Waals surface area contributed by atoms with E-state index in [2.05, 4.69) is 48.1 Å². The van der Waals surface area contributed by atoms with Gasteiger partial charge in [0.2, 0.25) is 0 Å². The van der Waals surface area contributed by atoms with Gasteiger partial charge in [0.05, 0.1) is 12.0 Å². The molecule has 0 saturated carbocycles. The number of carbonyl (C=O) groups is 1. The van der Waals surface area contributed by atoms with Gasteiger partial charge in [-0.2, -0.15) is 0 Å². The number of aromatic nitrogens is 3. The van der Waals surface area contributed by atoms with Gasteiger partial charge in [-0.05, 0) is 56.5 Å². The fourth-order valence-electron chi connectivity index (χ4n) is 3.28. The second kappa shape index (κ2) is 7.74. The Morgan fingerprint density at radius 2 is 1.85 bits per heavy atom. The highest BCUT2D eigenvalue weighted by Gasteiger charge is 2.21. The summed E-state index contributed by atoms with van der Waals surface area (Å²) in [6.07, 6.45) is 5.23. The highest BCUT2D eigenvalue weighted by molar-refractivity contribution is 5.92. The molecule has 0 bridgehead atoms. The van der Waals surface area contributed by atoms with Gasteiger partial charge in [-0.1, -0.05) is 18.2 Å². The van der Waals surface area contributed by atoms with Crippen molar-refractivity contribution in [3.63, 3.8) is 0 Å². The molecule has 0 aliphatic carbocycles. The van der Waals surface area contributed by atoms with E-state index in [0.29, 0.717) is 12.2 Å². The average molecular weight is 362 g/mol. The van der Waals surface area contributed by atoms with E-state index in [0.717, 1.165) is 16.8 Å². The minimum absolute atomic E-state index is 0.0592. The molecule has 1 aromatic carbocycles. The normalized spacial score (nSPS) is 11.0. The van der Waals surface area contributed by atoms with Crippen LogP contribution in [0.2, 0.25) is 0 Å². The molecule has 2 aromatic heterocycles. The first-order valence-corrected chi connectivity index (χ1v) is 9.17. The summed E-state index contributed by atoms with van der Waals surface area (Å²) in [4.78, 5) is 23.5. The van der Waals surface area contributed by atoms with Gasteiger partial charge in [0.1, 0.15) is 5.69 Å². The zero-order valence-electron chi connectivity index (χ0n) is 16.6. The molecule has 0 aliphatic rings. The van der Waals surface area contributed by atoms with E-state index in [1.54, 1.807) is 17.1 Å². The SMILES string of the molecule is Cc1cccc(C)c1-c1cc(CN(C(=O)c2cn(C)cn2)C(C)C)ccn1. The fourth-order valence-corrected chi connectivity index (χ4v) is 3.28. The molecule has 0 N–H and O–H groups in total. The lowest BCUT2D eigenvalue weighted by atomic mass is 9.98. The quantitative estimate of drug-likeness (QED) is 0.685. The summed E-state index contributed by atoms with van der Waals surface area (Å²) in [7, 11) is 1.86. The number of rotatable bonds is 5. The number of pyridine rings is 1. The van der Waals surface area contributed by atoms with Crippen LogP contribution >= 0.6 is 0 Å². The number of amides is 1. The summed E-state index contributed by atoms with van der Waals surface area (Å²) in [6.45, 7) is 8.76. The van der Waals surface area contributed by atoms with Crippen molar-refractivity contribution in [3.8, 4) is 11.3 Å². The summed E-state index contributed by atoms with van der Waals surface area (Å²) in [5.41, 5.74) is 6.02. The van der Waals surface area contributed by atoms with Crippen molar-refractivity contribution in [2.75, 3.05) is 0 Å². The maximum absolute atomic E-state index is 12.9. The van der Waals surface area contributed by atoms with Gasteiger partial charge in [0.25, 0.3) is 5.91 Å². The molecule has 0 saturated heterocycles. The zero-order chi connectivity index (χ0) is 19.6. The van der Waals surface area contributed by atoms with Gasteiger partial charge in [-0.25, -0.2) is 4.98 Å². The van der Waals surface area contributed by atoms with Crippen molar-refractivity contribution in [1.82, 2.24) is 19.4 Å². The Morgan fingerprint density at radius 3 is 2.44 bits per heavy atom. The van der Waals surface area contributed by atoms with E-state index in [-0.39, 0.29) is 11.9 Å². The van der Waals surface area contributed by atoms with Crippen LogP contribution in [0.4, 0.5) is 0 Å². The number of nitrogens with zero attached hydrogens (tertiary/aromatic N) is 4. The van der Waals surface area contributed by atoms with E-state index >= 15 is 0 Å². The van der Waals surface area contributed by atoms with E-state index < -0.39 is 0 Å². The lowest BCUT2D eigenvalue weighted by molar-refractivity contribution is 0.0684. The first-order valence-electron chi connectivity index (χ1n) is 9.17. The van der Waals surface area contributed by atoms with Crippen molar-refractivity contribution in [2.45, 2.75) is 40.3 Å². The van der Waals surface area contributed by atoms with Gasteiger partial charge in [-0.15, -0.1) is 0 Å². The number of hydrogen-bond donors (Lipinski definition) is 0. The molecular formula is C22H26N4O. The fraction of sp³-hybridized carbons (Fsp3) is 0.318. The predicted molar refractivity (Wildman–Crippen MR) is 107 cm³/mol. The molecule has 0 spiro atoms. The van der Waals surface area contributed by atoms with Crippen molar-refractivity contribution in [3.05, 3.63) is 71.4 Å². The third-order valence-electron chi connectivity index (χ3n) is 4.72. The Kier molecular flexibility index (Phi) is 5.40. The van der Waals surface area contributed by atoms with E-state index in [1.165, 1.54) is 11.1 Å². The zero-order valence-corrected chi connectivity index (χ0v) is 16.6. The summed E-state index contributed by atoms with van der Waals surface area (Å²) in [5, 5.41) is 0. The Balaban J connectivity index is 1.91. The van der Waals surface area contributed by atoms with Crippen LogP contribution < -0.4 is 0 Å². The van der Waals surface area contributed by atoms with Crippen LogP contribution in [-0.4, -0.2) is 31.4 Å². The molecule has 3 aromatic rings. The standard InChI is InChI=1S/C22H26N4O/c1-15(2)26(22(27)20-13-25(5)14-24-20)12-18-9-10-23-19(11-18)21-16(3)7-6-8-17(21)4/h6-11,13-15H,12H2,1-5H3. The maximum atomic E-state index is 12.9. The summed E-state index contributed by atoms with van der Waals surface area (Å²) in [6, 6.07) is 10.4. The number of benzene rings is 1. The van der Waals surface area contributed by atoms with Gasteiger partial charge in [0, 0.05) is 37.6 Å². The van der Waals surface area contributed by atoms with Gasteiger partial charge in [-0.3, -0.25) is 9.78 Å². The molecule has 0 unspecified atom stereocenters. The minimum Gasteiger partial charge on any atom is -0.340 e. The van der Waals surface area contributed by atoms with Crippen LogP contribution in [0.15, 0.2) is 49.1 Å².